The van der Waals surface area contributed by atoms with Crippen LogP contribution in [-0.4, -0.2) is 0 Å². The Morgan fingerprint density at radius 3 is 1.93 bits per heavy atom. The first kappa shape index (κ1) is 32.4. The van der Waals surface area contributed by atoms with Crippen LogP contribution in [0.4, 0.5) is 5.69 Å². The molecule has 0 aromatic heterocycles. The van der Waals surface area contributed by atoms with Crippen molar-refractivity contribution in [3.05, 3.63) is 89.7 Å². The van der Waals surface area contributed by atoms with Gasteiger partial charge in [0, 0.05) is 11.4 Å². The van der Waals surface area contributed by atoms with E-state index in [2.05, 4.69) is 77.9 Å². The molecule has 1 nitrogen and oxygen atoms in total. The zero-order valence-electron chi connectivity index (χ0n) is 21.9. The van der Waals surface area contributed by atoms with Crippen molar-refractivity contribution in [2.45, 2.75) is 82.6 Å². The number of hydrogen-bond donors (Lipinski definition) is 1. The topological polar surface area (TPSA) is 12.0 Å². The van der Waals surface area contributed by atoms with Crippen molar-refractivity contribution in [2.24, 2.45) is 5.92 Å². The fraction of sp³-hybridized carbons (Fsp3) is 0.448. The molecule has 0 aliphatic rings. The van der Waals surface area contributed by atoms with E-state index < -0.39 is 0 Å². The molecule has 0 bridgehead atoms. The summed E-state index contributed by atoms with van der Waals surface area (Å²) >= 11 is 0. The van der Waals surface area contributed by atoms with E-state index >= 15 is 0 Å². The van der Waals surface area contributed by atoms with Crippen molar-refractivity contribution in [1.82, 2.24) is 0 Å². The van der Waals surface area contributed by atoms with E-state index in [1.165, 1.54) is 17.5 Å². The lowest BCUT2D eigenvalue weighted by Gasteiger charge is -2.14. The lowest BCUT2D eigenvalue weighted by molar-refractivity contribution is 0.626. The third-order valence-electron chi connectivity index (χ3n) is 4.15. The Labute approximate surface area is 189 Å². The third kappa shape index (κ3) is 15.6. The van der Waals surface area contributed by atoms with Gasteiger partial charge in [-0.15, -0.1) is 0 Å². The molecule has 0 amide bonds. The first-order chi connectivity index (χ1) is 14.1. The summed E-state index contributed by atoms with van der Waals surface area (Å²) in [7, 11) is 0. The maximum atomic E-state index is 4.08. The minimum absolute atomic E-state index is 0.802. The standard InChI is InChI=1S/C20H25N.C5H12.2C2H6/c1-8-9-15(3)17(5)13-18(6)19(7)21-20-12-14(2)10-11-16(20)4;1-4-5(2)3;2*1-2/h8-13,21H,3,6-7H2,1-2,4-5H3;5H,4H2,1-3H3;2*1-2H3/b9-8-,17-13+;;;. The summed E-state index contributed by atoms with van der Waals surface area (Å²) in [4.78, 5) is 0. The second-order valence-corrected chi connectivity index (χ2v) is 7.10. The van der Waals surface area contributed by atoms with Crippen molar-refractivity contribution in [2.75, 3.05) is 5.32 Å². The molecular formula is C29H49N. The average molecular weight is 412 g/mol. The summed E-state index contributed by atoms with van der Waals surface area (Å²) in [5, 5.41) is 3.34. The lowest BCUT2D eigenvalue weighted by Crippen LogP contribution is -2.01. The Hall–Kier alpha value is -2.28. The highest BCUT2D eigenvalue weighted by molar-refractivity contribution is 5.60. The molecule has 0 aliphatic carbocycles. The predicted molar refractivity (Wildman–Crippen MR) is 143 cm³/mol. The van der Waals surface area contributed by atoms with E-state index in [4.69, 9.17) is 0 Å². The van der Waals surface area contributed by atoms with Crippen LogP contribution in [0.3, 0.4) is 0 Å². The van der Waals surface area contributed by atoms with Crippen LogP contribution in [0.2, 0.25) is 0 Å². The number of allylic oxidation sites excluding steroid dienone is 5. The van der Waals surface area contributed by atoms with Crippen LogP contribution in [0.1, 0.15) is 79.9 Å². The number of hydrogen-bond acceptors (Lipinski definition) is 1. The Morgan fingerprint density at radius 2 is 1.50 bits per heavy atom. The van der Waals surface area contributed by atoms with Crippen molar-refractivity contribution in [3.63, 3.8) is 0 Å². The number of rotatable bonds is 7. The molecule has 0 atom stereocenters. The van der Waals surface area contributed by atoms with Gasteiger partial charge in [0.15, 0.2) is 0 Å². The normalized spacial score (nSPS) is 10.1. The van der Waals surface area contributed by atoms with Crippen LogP contribution in [0.15, 0.2) is 78.6 Å². The second kappa shape index (κ2) is 20.0. The quantitative estimate of drug-likeness (QED) is 0.440. The van der Waals surface area contributed by atoms with Gasteiger partial charge in [-0.3, -0.25) is 0 Å². The smallest absolute Gasteiger partial charge is 0.0416 e. The van der Waals surface area contributed by atoms with E-state index in [0.29, 0.717) is 0 Å². The first-order valence-electron chi connectivity index (χ1n) is 11.3. The Balaban J connectivity index is -0.000000692. The molecule has 1 heteroatoms. The Bertz CT molecular complexity index is 684. The van der Waals surface area contributed by atoms with Gasteiger partial charge in [-0.2, -0.15) is 0 Å². The first-order valence-corrected chi connectivity index (χ1v) is 11.3. The molecule has 0 heterocycles. The average Bonchev–Trinajstić information content (AvgIpc) is 2.74. The van der Waals surface area contributed by atoms with Crippen LogP contribution in [0.25, 0.3) is 0 Å². The molecule has 0 aliphatic heterocycles. The summed E-state index contributed by atoms with van der Waals surface area (Å²) in [6, 6.07) is 6.31. The highest BCUT2D eigenvalue weighted by atomic mass is 14.9. The molecule has 30 heavy (non-hydrogen) atoms. The molecule has 0 unspecified atom stereocenters. The lowest BCUT2D eigenvalue weighted by atomic mass is 10.0. The fourth-order valence-corrected chi connectivity index (χ4v) is 1.89. The Kier molecular flexibility index (Phi) is 21.6. The summed E-state index contributed by atoms with van der Waals surface area (Å²) in [5.74, 6) is 0.884. The van der Waals surface area contributed by atoms with E-state index in [-0.39, 0.29) is 0 Å². The summed E-state index contributed by atoms with van der Waals surface area (Å²) in [6.07, 6.45) is 7.27. The minimum atomic E-state index is 0.802. The largest absolute Gasteiger partial charge is 0.355 e. The molecule has 1 N–H and O–H groups in total. The SMILES string of the molecule is C=C(/C=C(\C)C(=C)/C=C\C)C(=C)Nc1cc(C)ccc1C.CC.CC.CCC(C)C. The summed E-state index contributed by atoms with van der Waals surface area (Å²) in [6.45, 7) is 35.0. The van der Waals surface area contributed by atoms with Gasteiger partial charge in [0.1, 0.15) is 0 Å². The number of aryl methyl sites for hydroxylation is 2. The van der Waals surface area contributed by atoms with Gasteiger partial charge in [0.05, 0.1) is 0 Å². The van der Waals surface area contributed by atoms with Crippen LogP contribution in [-0.2, 0) is 0 Å². The second-order valence-electron chi connectivity index (χ2n) is 7.10. The van der Waals surface area contributed by atoms with E-state index in [1.54, 1.807) is 0 Å². The summed E-state index contributed by atoms with van der Waals surface area (Å²) in [5.41, 5.74) is 7.21. The molecule has 0 fully saturated rings. The molecule has 1 aromatic carbocycles. The third-order valence-corrected chi connectivity index (χ3v) is 4.15. The van der Waals surface area contributed by atoms with Gasteiger partial charge in [0.25, 0.3) is 0 Å². The number of benzene rings is 1. The number of nitrogens with one attached hydrogen (secondary N) is 1. The molecule has 0 saturated carbocycles. The zero-order valence-corrected chi connectivity index (χ0v) is 21.9. The van der Waals surface area contributed by atoms with Crippen molar-refractivity contribution >= 4 is 5.69 Å². The maximum Gasteiger partial charge on any atom is 0.0416 e. The molecule has 0 saturated heterocycles. The van der Waals surface area contributed by atoms with Gasteiger partial charge in [0.2, 0.25) is 0 Å². The van der Waals surface area contributed by atoms with Crippen molar-refractivity contribution in [1.29, 1.82) is 0 Å². The highest BCUT2D eigenvalue weighted by Gasteiger charge is 2.03. The highest BCUT2D eigenvalue weighted by Crippen LogP contribution is 2.21. The molecule has 170 valence electrons. The minimum Gasteiger partial charge on any atom is -0.355 e. The zero-order chi connectivity index (χ0) is 24.3. The summed E-state index contributed by atoms with van der Waals surface area (Å²) < 4.78 is 0. The molecular weight excluding hydrogens is 362 g/mol. The monoisotopic (exact) mass is 411 g/mol. The van der Waals surface area contributed by atoms with E-state index in [1.807, 2.05) is 59.8 Å². The molecule has 0 spiro atoms. The van der Waals surface area contributed by atoms with Crippen LogP contribution >= 0.6 is 0 Å². The fourth-order valence-electron chi connectivity index (χ4n) is 1.89. The predicted octanol–water partition coefficient (Wildman–Crippen LogP) is 9.97. The number of anilines is 1. The van der Waals surface area contributed by atoms with Crippen molar-refractivity contribution < 1.29 is 0 Å². The Morgan fingerprint density at radius 1 is 1.00 bits per heavy atom. The van der Waals surface area contributed by atoms with Crippen LogP contribution in [0.5, 0.6) is 0 Å². The molecule has 1 aromatic rings. The molecule has 1 rings (SSSR count). The van der Waals surface area contributed by atoms with E-state index in [9.17, 15) is 0 Å². The van der Waals surface area contributed by atoms with Gasteiger partial charge in [-0.25, -0.2) is 0 Å². The maximum absolute atomic E-state index is 4.08. The van der Waals surface area contributed by atoms with Gasteiger partial charge in [-0.1, -0.05) is 105 Å². The van der Waals surface area contributed by atoms with Crippen LogP contribution in [0, 0.1) is 19.8 Å². The van der Waals surface area contributed by atoms with E-state index in [0.717, 1.165) is 34.0 Å². The molecule has 0 radical (unpaired) electrons. The van der Waals surface area contributed by atoms with Gasteiger partial charge in [-0.05, 0) is 67.5 Å². The van der Waals surface area contributed by atoms with Crippen LogP contribution < -0.4 is 5.32 Å². The van der Waals surface area contributed by atoms with Crippen molar-refractivity contribution in [3.8, 4) is 0 Å². The van der Waals surface area contributed by atoms with Gasteiger partial charge >= 0.3 is 0 Å². The van der Waals surface area contributed by atoms with Gasteiger partial charge < -0.3 is 5.32 Å².